The second-order valence-corrected chi connectivity index (χ2v) is 4.46. The van der Waals surface area contributed by atoms with Gasteiger partial charge in [0.2, 0.25) is 0 Å². The predicted molar refractivity (Wildman–Crippen MR) is 55.8 cm³/mol. The molecule has 14 heavy (non-hydrogen) atoms. The van der Waals surface area contributed by atoms with Crippen LogP contribution in [0.1, 0.15) is 32.1 Å². The van der Waals surface area contributed by atoms with Crippen molar-refractivity contribution in [3.05, 3.63) is 23.8 Å². The van der Waals surface area contributed by atoms with Crippen molar-refractivity contribution in [1.29, 1.82) is 0 Å². The number of hydrogen-bond acceptors (Lipinski definition) is 2. The Morgan fingerprint density at radius 2 is 2.14 bits per heavy atom. The van der Waals surface area contributed by atoms with Crippen LogP contribution in [0, 0.1) is 5.41 Å². The van der Waals surface area contributed by atoms with E-state index in [0.29, 0.717) is 0 Å². The molecule has 2 aliphatic carbocycles. The average molecular weight is 194 g/mol. The molecule has 78 valence electrons. The van der Waals surface area contributed by atoms with Crippen molar-refractivity contribution < 1.29 is 10.2 Å². The highest BCUT2D eigenvalue weighted by Crippen LogP contribution is 2.46. The third kappa shape index (κ3) is 1.53. The van der Waals surface area contributed by atoms with Crippen molar-refractivity contribution in [2.45, 2.75) is 38.2 Å². The van der Waals surface area contributed by atoms with Gasteiger partial charge in [0.15, 0.2) is 0 Å². The zero-order valence-electron chi connectivity index (χ0n) is 8.45. The third-order valence-electron chi connectivity index (χ3n) is 3.58. The van der Waals surface area contributed by atoms with Gasteiger partial charge in [0, 0.05) is 5.41 Å². The van der Waals surface area contributed by atoms with Gasteiger partial charge < -0.3 is 10.2 Å². The van der Waals surface area contributed by atoms with E-state index in [1.165, 1.54) is 0 Å². The number of rotatable bonds is 3. The normalized spacial score (nSPS) is 26.6. The summed E-state index contributed by atoms with van der Waals surface area (Å²) in [6.45, 7) is 0.110. The van der Waals surface area contributed by atoms with Crippen LogP contribution in [-0.2, 0) is 0 Å². The SMILES string of the molecule is OCC1(C(O)C2=CCCC=C2)CCC1. The average Bonchev–Trinajstić information content (AvgIpc) is 2.18. The van der Waals surface area contributed by atoms with E-state index in [1.807, 2.05) is 6.08 Å². The van der Waals surface area contributed by atoms with Gasteiger partial charge in [0.25, 0.3) is 0 Å². The van der Waals surface area contributed by atoms with Gasteiger partial charge in [0.1, 0.15) is 0 Å². The molecule has 0 aliphatic heterocycles. The molecule has 1 unspecified atom stereocenters. The minimum Gasteiger partial charge on any atom is -0.396 e. The van der Waals surface area contributed by atoms with E-state index < -0.39 is 6.10 Å². The molecule has 0 heterocycles. The van der Waals surface area contributed by atoms with Gasteiger partial charge in [-0.25, -0.2) is 0 Å². The summed E-state index contributed by atoms with van der Waals surface area (Å²) in [5.41, 5.74) is 0.776. The zero-order valence-corrected chi connectivity index (χ0v) is 8.45. The van der Waals surface area contributed by atoms with Gasteiger partial charge >= 0.3 is 0 Å². The molecule has 0 radical (unpaired) electrons. The van der Waals surface area contributed by atoms with Crippen molar-refractivity contribution in [1.82, 2.24) is 0 Å². The zero-order chi connectivity index (χ0) is 10.0. The Hall–Kier alpha value is -0.600. The summed E-state index contributed by atoms with van der Waals surface area (Å²) in [5.74, 6) is 0. The summed E-state index contributed by atoms with van der Waals surface area (Å²) in [4.78, 5) is 0. The molecule has 0 saturated heterocycles. The van der Waals surface area contributed by atoms with E-state index in [4.69, 9.17) is 0 Å². The number of allylic oxidation sites excluding steroid dienone is 2. The molecule has 1 fully saturated rings. The predicted octanol–water partition coefficient (Wildman–Crippen LogP) is 1.79. The first-order valence-corrected chi connectivity index (χ1v) is 5.44. The molecule has 2 N–H and O–H groups in total. The van der Waals surface area contributed by atoms with Gasteiger partial charge in [-0.3, -0.25) is 0 Å². The lowest BCUT2D eigenvalue weighted by molar-refractivity contribution is -0.0515. The molecule has 0 aromatic carbocycles. The molecule has 2 aliphatic rings. The molecule has 0 spiro atoms. The molecule has 2 heteroatoms. The Labute approximate surface area is 85.0 Å². The van der Waals surface area contributed by atoms with Gasteiger partial charge in [-0.15, -0.1) is 0 Å². The van der Waals surface area contributed by atoms with Gasteiger partial charge in [0.05, 0.1) is 12.7 Å². The third-order valence-corrected chi connectivity index (χ3v) is 3.58. The molecule has 1 saturated carbocycles. The van der Waals surface area contributed by atoms with Gasteiger partial charge in [-0.2, -0.15) is 0 Å². The Kier molecular flexibility index (Phi) is 2.75. The van der Waals surface area contributed by atoms with E-state index in [0.717, 1.165) is 37.7 Å². The first kappa shape index (κ1) is 9.94. The van der Waals surface area contributed by atoms with E-state index in [2.05, 4.69) is 12.2 Å². The summed E-state index contributed by atoms with van der Waals surface area (Å²) >= 11 is 0. The Balaban J connectivity index is 2.09. The molecule has 0 aromatic rings. The Bertz CT molecular complexity index is 256. The first-order valence-electron chi connectivity index (χ1n) is 5.44. The molecular weight excluding hydrogens is 176 g/mol. The fourth-order valence-electron chi connectivity index (χ4n) is 2.34. The maximum atomic E-state index is 10.2. The van der Waals surface area contributed by atoms with Crippen LogP contribution >= 0.6 is 0 Å². The second-order valence-electron chi connectivity index (χ2n) is 4.46. The molecule has 0 aromatic heterocycles. The number of aliphatic hydroxyl groups excluding tert-OH is 2. The number of hydrogen-bond donors (Lipinski definition) is 2. The summed E-state index contributed by atoms with van der Waals surface area (Å²) in [6.07, 6.45) is 10.9. The fraction of sp³-hybridized carbons (Fsp3) is 0.667. The smallest absolute Gasteiger partial charge is 0.0864 e. The summed E-state index contributed by atoms with van der Waals surface area (Å²) in [6, 6.07) is 0. The molecule has 2 rings (SSSR count). The topological polar surface area (TPSA) is 40.5 Å². The van der Waals surface area contributed by atoms with Crippen LogP contribution in [-0.4, -0.2) is 22.9 Å². The van der Waals surface area contributed by atoms with E-state index in [9.17, 15) is 10.2 Å². The monoisotopic (exact) mass is 194 g/mol. The maximum Gasteiger partial charge on any atom is 0.0864 e. The minimum absolute atomic E-state index is 0.110. The Morgan fingerprint density at radius 1 is 1.36 bits per heavy atom. The van der Waals surface area contributed by atoms with Crippen LogP contribution < -0.4 is 0 Å². The van der Waals surface area contributed by atoms with Crippen LogP contribution in [0.5, 0.6) is 0 Å². The van der Waals surface area contributed by atoms with Crippen molar-refractivity contribution in [3.63, 3.8) is 0 Å². The maximum absolute atomic E-state index is 10.2. The highest BCUT2D eigenvalue weighted by atomic mass is 16.3. The largest absolute Gasteiger partial charge is 0.396 e. The van der Waals surface area contributed by atoms with Crippen molar-refractivity contribution in [2.24, 2.45) is 5.41 Å². The van der Waals surface area contributed by atoms with Crippen LogP contribution in [0.3, 0.4) is 0 Å². The molecule has 1 atom stereocenters. The molecule has 2 nitrogen and oxygen atoms in total. The molecule has 0 bridgehead atoms. The first-order chi connectivity index (χ1) is 6.78. The van der Waals surface area contributed by atoms with Gasteiger partial charge in [-0.05, 0) is 31.3 Å². The van der Waals surface area contributed by atoms with Crippen molar-refractivity contribution >= 4 is 0 Å². The fourth-order valence-corrected chi connectivity index (χ4v) is 2.34. The van der Waals surface area contributed by atoms with Crippen molar-refractivity contribution in [2.75, 3.05) is 6.61 Å². The highest BCUT2D eigenvalue weighted by molar-refractivity contribution is 5.29. The van der Waals surface area contributed by atoms with E-state index in [-0.39, 0.29) is 12.0 Å². The molecule has 0 amide bonds. The summed E-state index contributed by atoms with van der Waals surface area (Å²) < 4.78 is 0. The lowest BCUT2D eigenvalue weighted by Crippen LogP contribution is -2.45. The standard InChI is InChI=1S/C12H18O2/c13-9-12(7-4-8-12)11(14)10-5-2-1-3-6-10/h2,5-6,11,13-14H,1,3-4,7-9H2. The quantitative estimate of drug-likeness (QED) is 0.719. The minimum atomic E-state index is -0.460. The van der Waals surface area contributed by atoms with Crippen LogP contribution in [0.15, 0.2) is 23.8 Å². The molecular formula is C12H18O2. The summed E-state index contributed by atoms with van der Waals surface area (Å²) in [7, 11) is 0. The van der Waals surface area contributed by atoms with Crippen LogP contribution in [0.2, 0.25) is 0 Å². The Morgan fingerprint density at radius 3 is 2.57 bits per heavy atom. The van der Waals surface area contributed by atoms with E-state index >= 15 is 0 Å². The number of aliphatic hydroxyl groups is 2. The van der Waals surface area contributed by atoms with Crippen LogP contribution in [0.25, 0.3) is 0 Å². The van der Waals surface area contributed by atoms with Crippen molar-refractivity contribution in [3.8, 4) is 0 Å². The highest BCUT2D eigenvalue weighted by Gasteiger charge is 2.43. The lowest BCUT2D eigenvalue weighted by atomic mass is 9.63. The van der Waals surface area contributed by atoms with E-state index in [1.54, 1.807) is 0 Å². The van der Waals surface area contributed by atoms with Gasteiger partial charge in [-0.1, -0.05) is 24.6 Å². The summed E-state index contributed by atoms with van der Waals surface area (Å²) in [5, 5.41) is 19.5. The van der Waals surface area contributed by atoms with Crippen LogP contribution in [0.4, 0.5) is 0 Å². The second kappa shape index (κ2) is 3.87. The lowest BCUT2D eigenvalue weighted by Gasteiger charge is -2.44.